The van der Waals surface area contributed by atoms with E-state index in [9.17, 15) is 9.59 Å². The van der Waals surface area contributed by atoms with Crippen molar-refractivity contribution in [2.75, 3.05) is 4.90 Å². The van der Waals surface area contributed by atoms with Gasteiger partial charge in [-0.1, -0.05) is 25.0 Å². The highest BCUT2D eigenvalue weighted by atomic mass is 19.1. The van der Waals surface area contributed by atoms with Gasteiger partial charge in [-0.15, -0.1) is 0 Å². The summed E-state index contributed by atoms with van der Waals surface area (Å²) in [5, 5.41) is 4.85. The Labute approximate surface area is 224 Å². The number of aromatic nitrogens is 3. The van der Waals surface area contributed by atoms with E-state index >= 15 is 4.39 Å². The normalized spacial score (nSPS) is 13.4. The highest BCUT2D eigenvalue weighted by Gasteiger charge is 2.27. The number of carbonyl (C=O) groups excluding carboxylic acids is 2. The number of urea groups is 1. The lowest BCUT2D eigenvalue weighted by atomic mass is 10.0. The van der Waals surface area contributed by atoms with E-state index in [1.165, 1.54) is 35.4 Å². The Bertz CT molecular complexity index is 1530. The van der Waals surface area contributed by atoms with Crippen LogP contribution in [-0.2, 0) is 6.54 Å². The topological polar surface area (TPSA) is 155 Å². The summed E-state index contributed by atoms with van der Waals surface area (Å²) in [7, 11) is 0. The molecule has 0 bridgehead atoms. The zero-order chi connectivity index (χ0) is 27.5. The molecule has 0 aliphatic heterocycles. The van der Waals surface area contributed by atoms with Crippen LogP contribution in [0.25, 0.3) is 5.69 Å². The first-order valence-corrected chi connectivity index (χ1v) is 12.6. The van der Waals surface area contributed by atoms with Crippen LogP contribution in [0.15, 0.2) is 66.9 Å². The summed E-state index contributed by atoms with van der Waals surface area (Å²) in [6.45, 7) is 0.338. The number of hydrogen-bond donors (Lipinski definition) is 3. The van der Waals surface area contributed by atoms with Gasteiger partial charge in [-0.2, -0.15) is 5.10 Å². The summed E-state index contributed by atoms with van der Waals surface area (Å²) in [6, 6.07) is 15.4. The third-order valence-corrected chi connectivity index (χ3v) is 6.71. The van der Waals surface area contributed by atoms with Crippen LogP contribution in [0.4, 0.5) is 20.7 Å². The van der Waals surface area contributed by atoms with Crippen LogP contribution in [0.1, 0.15) is 53.3 Å². The summed E-state index contributed by atoms with van der Waals surface area (Å²) >= 11 is 0. The maximum Gasteiger partial charge on any atom is 0.325 e. The number of primary amides is 2. The summed E-state index contributed by atoms with van der Waals surface area (Å²) < 4.78 is 22.5. The van der Waals surface area contributed by atoms with Gasteiger partial charge in [0.1, 0.15) is 17.3 Å². The maximum atomic E-state index is 15.3. The average Bonchev–Trinajstić information content (AvgIpc) is 3.61. The summed E-state index contributed by atoms with van der Waals surface area (Å²) in [4.78, 5) is 29.3. The van der Waals surface area contributed by atoms with Gasteiger partial charge in [-0.05, 0) is 48.7 Å². The highest BCUT2D eigenvalue weighted by molar-refractivity contribution is 5.98. The van der Waals surface area contributed by atoms with Crippen molar-refractivity contribution < 1.29 is 18.7 Å². The van der Waals surface area contributed by atoms with Crippen LogP contribution >= 0.6 is 0 Å². The van der Waals surface area contributed by atoms with Crippen molar-refractivity contribution in [1.82, 2.24) is 14.8 Å². The molecule has 2 aromatic carbocycles. The van der Waals surface area contributed by atoms with E-state index in [-0.39, 0.29) is 28.8 Å². The van der Waals surface area contributed by atoms with E-state index in [2.05, 4.69) is 4.98 Å². The molecule has 5 rings (SSSR count). The zero-order valence-electron chi connectivity index (χ0n) is 21.1. The Morgan fingerprint density at radius 3 is 2.54 bits per heavy atom. The molecule has 2 heterocycles. The second-order valence-corrected chi connectivity index (χ2v) is 9.33. The molecule has 4 aromatic rings. The molecular formula is C28H28FN7O3. The zero-order valence-corrected chi connectivity index (χ0v) is 21.1. The molecule has 0 atom stereocenters. The van der Waals surface area contributed by atoms with Crippen molar-refractivity contribution in [3.63, 3.8) is 0 Å². The van der Waals surface area contributed by atoms with Gasteiger partial charge in [0.25, 0.3) is 5.91 Å². The van der Waals surface area contributed by atoms with E-state index in [1.807, 2.05) is 30.3 Å². The Hall–Kier alpha value is -4.77. The van der Waals surface area contributed by atoms with Gasteiger partial charge in [0, 0.05) is 36.9 Å². The molecule has 200 valence electrons. The minimum atomic E-state index is -0.808. The van der Waals surface area contributed by atoms with Crippen LogP contribution in [-0.4, -0.2) is 26.7 Å². The van der Waals surface area contributed by atoms with Crippen molar-refractivity contribution >= 4 is 23.4 Å². The van der Waals surface area contributed by atoms with Crippen molar-refractivity contribution in [3.05, 3.63) is 89.6 Å². The standard InChI is InChI=1S/C28H28FN7O3/c29-22-13-19(8-9-25(22)39-21-10-11-33-24(14-21)27(31)37)35(28(32)38)26-15-23(18-5-1-2-6-18)34-36(26)20-7-3-4-17(12-20)16-30/h3-4,7-15,18H,1-2,5-6,16,30H2,(H2,31,37)(H2,32,38). The number of ether oxygens (including phenoxy) is 1. The van der Waals surface area contributed by atoms with Crippen LogP contribution in [0, 0.1) is 5.82 Å². The van der Waals surface area contributed by atoms with Crippen molar-refractivity contribution in [3.8, 4) is 17.2 Å². The van der Waals surface area contributed by atoms with Crippen LogP contribution in [0.3, 0.4) is 0 Å². The fourth-order valence-electron chi connectivity index (χ4n) is 4.79. The van der Waals surface area contributed by atoms with E-state index in [0.29, 0.717) is 18.1 Å². The SMILES string of the molecule is NCc1cccc(-n2nc(C3CCCC3)cc2N(C(N)=O)c2ccc(Oc3ccnc(C(N)=O)c3)c(F)c2)c1. The van der Waals surface area contributed by atoms with Gasteiger partial charge in [-0.25, -0.2) is 18.8 Å². The number of anilines is 2. The number of rotatable bonds is 8. The number of carbonyl (C=O) groups is 2. The molecule has 6 N–H and O–H groups in total. The van der Waals surface area contributed by atoms with Gasteiger partial charge >= 0.3 is 6.03 Å². The van der Waals surface area contributed by atoms with Crippen molar-refractivity contribution in [2.45, 2.75) is 38.1 Å². The lowest BCUT2D eigenvalue weighted by Gasteiger charge is -2.22. The van der Waals surface area contributed by atoms with Gasteiger partial charge in [0.15, 0.2) is 11.6 Å². The number of nitrogens with zero attached hydrogens (tertiary/aromatic N) is 4. The van der Waals surface area contributed by atoms with Gasteiger partial charge in [0.2, 0.25) is 0 Å². The lowest BCUT2D eigenvalue weighted by Crippen LogP contribution is -2.33. The Morgan fingerprint density at radius 1 is 1.05 bits per heavy atom. The second-order valence-electron chi connectivity index (χ2n) is 9.33. The second kappa shape index (κ2) is 10.9. The first-order valence-electron chi connectivity index (χ1n) is 12.6. The van der Waals surface area contributed by atoms with E-state index in [0.717, 1.165) is 43.0 Å². The number of amides is 3. The molecule has 0 saturated heterocycles. The molecule has 1 aliphatic rings. The maximum absolute atomic E-state index is 15.3. The highest BCUT2D eigenvalue weighted by Crippen LogP contribution is 2.38. The quantitative estimate of drug-likeness (QED) is 0.302. The molecule has 0 radical (unpaired) electrons. The van der Waals surface area contributed by atoms with E-state index in [1.54, 1.807) is 4.68 Å². The predicted octanol–water partition coefficient (Wildman–Crippen LogP) is 4.63. The molecule has 1 aliphatic carbocycles. The summed E-state index contributed by atoms with van der Waals surface area (Å²) in [5.41, 5.74) is 19.6. The van der Waals surface area contributed by atoms with Crippen LogP contribution in [0.5, 0.6) is 11.5 Å². The molecule has 10 nitrogen and oxygen atoms in total. The fourth-order valence-corrected chi connectivity index (χ4v) is 4.79. The fraction of sp³-hybridized carbons (Fsp3) is 0.214. The number of nitrogens with two attached hydrogens (primary N) is 3. The molecule has 2 aromatic heterocycles. The van der Waals surface area contributed by atoms with Gasteiger partial charge in [-0.3, -0.25) is 9.78 Å². The first-order chi connectivity index (χ1) is 18.8. The molecule has 1 saturated carbocycles. The van der Waals surface area contributed by atoms with Crippen molar-refractivity contribution in [1.29, 1.82) is 0 Å². The summed E-state index contributed by atoms with van der Waals surface area (Å²) in [5.74, 6) is -0.790. The van der Waals surface area contributed by atoms with Crippen LogP contribution in [0.2, 0.25) is 0 Å². The first kappa shape index (κ1) is 25.9. The monoisotopic (exact) mass is 529 g/mol. The Kier molecular flexibility index (Phi) is 7.24. The Morgan fingerprint density at radius 2 is 1.85 bits per heavy atom. The third kappa shape index (κ3) is 5.43. The van der Waals surface area contributed by atoms with Gasteiger partial charge in [0.05, 0.1) is 17.1 Å². The third-order valence-electron chi connectivity index (χ3n) is 6.71. The largest absolute Gasteiger partial charge is 0.454 e. The molecule has 11 heteroatoms. The molecule has 39 heavy (non-hydrogen) atoms. The number of pyridine rings is 1. The minimum absolute atomic E-state index is 0.0190. The molecule has 1 fully saturated rings. The van der Waals surface area contributed by atoms with E-state index in [4.69, 9.17) is 27.0 Å². The molecule has 0 unspecified atom stereocenters. The lowest BCUT2D eigenvalue weighted by molar-refractivity contribution is 0.0995. The summed E-state index contributed by atoms with van der Waals surface area (Å²) in [6.07, 6.45) is 5.56. The molecular weight excluding hydrogens is 501 g/mol. The number of benzene rings is 2. The molecule has 3 amide bonds. The number of halogens is 1. The van der Waals surface area contributed by atoms with Gasteiger partial charge < -0.3 is 21.9 Å². The molecule has 0 spiro atoms. The number of hydrogen-bond acceptors (Lipinski definition) is 6. The Balaban J connectivity index is 1.54. The smallest absolute Gasteiger partial charge is 0.325 e. The van der Waals surface area contributed by atoms with E-state index < -0.39 is 17.8 Å². The average molecular weight is 530 g/mol. The van der Waals surface area contributed by atoms with Crippen molar-refractivity contribution in [2.24, 2.45) is 17.2 Å². The predicted molar refractivity (Wildman–Crippen MR) is 144 cm³/mol. The minimum Gasteiger partial charge on any atom is -0.454 e. The van der Waals surface area contributed by atoms with Crippen LogP contribution < -0.4 is 26.8 Å².